The maximum Gasteiger partial charge on any atom is 0.278 e. The number of aryl methyl sites for hydroxylation is 1. The number of hydrogen-bond donors (Lipinski definition) is 0. The van der Waals surface area contributed by atoms with E-state index in [1.807, 2.05) is 55.5 Å². The smallest absolute Gasteiger partial charge is 0.278 e. The van der Waals surface area contributed by atoms with Gasteiger partial charge in [-0.2, -0.15) is 5.10 Å². The van der Waals surface area contributed by atoms with Crippen molar-refractivity contribution >= 4 is 11.6 Å². The third-order valence-electron chi connectivity index (χ3n) is 4.72. The number of amides is 1. The topological polar surface area (TPSA) is 55.0 Å². The molecule has 0 radical (unpaired) electrons. The van der Waals surface area contributed by atoms with E-state index in [4.69, 9.17) is 9.15 Å². The van der Waals surface area contributed by atoms with Gasteiger partial charge in [-0.25, -0.2) is 5.01 Å². The largest absolute Gasteiger partial charge is 0.496 e. The molecule has 2 heterocycles. The molecule has 5 nitrogen and oxygen atoms in total. The first-order valence-corrected chi connectivity index (χ1v) is 8.82. The molecule has 1 aromatic heterocycles. The Kier molecular flexibility index (Phi) is 4.50. The molecule has 0 saturated heterocycles. The lowest BCUT2D eigenvalue weighted by atomic mass is 9.99. The van der Waals surface area contributed by atoms with Crippen LogP contribution in [0.5, 0.6) is 5.75 Å². The summed E-state index contributed by atoms with van der Waals surface area (Å²) in [6.07, 6.45) is 2.21. The van der Waals surface area contributed by atoms with Crippen molar-refractivity contribution in [2.75, 3.05) is 7.11 Å². The molecule has 0 N–H and O–H groups in total. The molecular weight excluding hydrogens is 340 g/mol. The van der Waals surface area contributed by atoms with Crippen molar-refractivity contribution in [2.24, 2.45) is 5.10 Å². The molecule has 2 aromatic carbocycles. The van der Waals surface area contributed by atoms with Crippen LogP contribution in [0.15, 0.2) is 76.4 Å². The molecule has 1 atom stereocenters. The number of carbonyl (C=O) groups excluding carboxylic acids is 1. The van der Waals surface area contributed by atoms with Gasteiger partial charge in [-0.3, -0.25) is 4.79 Å². The molecule has 136 valence electrons. The molecule has 5 heteroatoms. The first-order chi connectivity index (χ1) is 13.2. The molecule has 4 rings (SSSR count). The zero-order valence-corrected chi connectivity index (χ0v) is 15.3. The van der Waals surface area contributed by atoms with Crippen molar-refractivity contribution in [1.82, 2.24) is 5.01 Å². The quantitative estimate of drug-likeness (QED) is 0.684. The summed E-state index contributed by atoms with van der Waals surface area (Å²) in [5.74, 6) is 1.02. The maximum atomic E-state index is 13.3. The van der Waals surface area contributed by atoms with E-state index in [1.54, 1.807) is 30.5 Å². The fourth-order valence-electron chi connectivity index (χ4n) is 3.28. The highest BCUT2D eigenvalue weighted by Crippen LogP contribution is 2.35. The Bertz CT molecular complexity index is 975. The van der Waals surface area contributed by atoms with E-state index in [2.05, 4.69) is 5.10 Å². The number of furan rings is 1. The van der Waals surface area contributed by atoms with Gasteiger partial charge >= 0.3 is 0 Å². The first kappa shape index (κ1) is 17.1. The third-order valence-corrected chi connectivity index (χ3v) is 4.72. The van der Waals surface area contributed by atoms with Gasteiger partial charge in [0, 0.05) is 6.42 Å². The van der Waals surface area contributed by atoms with Crippen molar-refractivity contribution < 1.29 is 13.9 Å². The van der Waals surface area contributed by atoms with Crippen LogP contribution in [0.3, 0.4) is 0 Å². The Morgan fingerprint density at radius 3 is 2.59 bits per heavy atom. The van der Waals surface area contributed by atoms with E-state index >= 15 is 0 Å². The van der Waals surface area contributed by atoms with Gasteiger partial charge in [-0.1, -0.05) is 42.0 Å². The summed E-state index contributed by atoms with van der Waals surface area (Å²) in [4.78, 5) is 13.3. The lowest BCUT2D eigenvalue weighted by molar-refractivity contribution is 0.0708. The standard InChI is InChI=1S/C22H20N2O3/c1-15-9-11-16(12-10-15)19-14-18(21-8-5-13-27-21)23-24(19)22(25)17-6-3-4-7-20(17)26-2/h3-13,19H,14H2,1-2H3/t19-/m0/s1. The summed E-state index contributed by atoms with van der Waals surface area (Å²) in [5.41, 5.74) is 3.45. The molecule has 0 aliphatic carbocycles. The summed E-state index contributed by atoms with van der Waals surface area (Å²) >= 11 is 0. The molecule has 0 unspecified atom stereocenters. The van der Waals surface area contributed by atoms with Crippen molar-refractivity contribution in [3.8, 4) is 5.75 Å². The Morgan fingerprint density at radius 2 is 1.89 bits per heavy atom. The molecule has 1 amide bonds. The number of para-hydroxylation sites is 1. The van der Waals surface area contributed by atoms with Crippen molar-refractivity contribution in [1.29, 1.82) is 0 Å². The minimum Gasteiger partial charge on any atom is -0.496 e. The van der Waals surface area contributed by atoms with E-state index in [0.29, 0.717) is 23.5 Å². The number of rotatable bonds is 4. The predicted molar refractivity (Wildman–Crippen MR) is 103 cm³/mol. The first-order valence-electron chi connectivity index (χ1n) is 8.82. The van der Waals surface area contributed by atoms with Gasteiger partial charge in [-0.15, -0.1) is 0 Å². The number of benzene rings is 2. The zero-order chi connectivity index (χ0) is 18.8. The number of nitrogens with zero attached hydrogens (tertiary/aromatic N) is 2. The van der Waals surface area contributed by atoms with Crippen LogP contribution >= 0.6 is 0 Å². The fourth-order valence-corrected chi connectivity index (χ4v) is 3.28. The van der Waals surface area contributed by atoms with Gasteiger partial charge in [0.15, 0.2) is 0 Å². The SMILES string of the molecule is COc1ccccc1C(=O)N1N=C(c2ccco2)C[C@H]1c1ccc(C)cc1. The van der Waals surface area contributed by atoms with Crippen LogP contribution in [0.4, 0.5) is 0 Å². The molecule has 0 saturated carbocycles. The van der Waals surface area contributed by atoms with Crippen LogP contribution in [0.2, 0.25) is 0 Å². The van der Waals surface area contributed by atoms with E-state index in [9.17, 15) is 4.79 Å². The molecule has 0 spiro atoms. The summed E-state index contributed by atoms with van der Waals surface area (Å²) < 4.78 is 10.9. The Morgan fingerprint density at radius 1 is 1.11 bits per heavy atom. The van der Waals surface area contributed by atoms with Crippen molar-refractivity contribution in [3.63, 3.8) is 0 Å². The minimum atomic E-state index is -0.195. The third kappa shape index (κ3) is 3.24. The summed E-state index contributed by atoms with van der Waals surface area (Å²) in [6.45, 7) is 2.04. The van der Waals surface area contributed by atoms with E-state index in [1.165, 1.54) is 5.56 Å². The minimum absolute atomic E-state index is 0.192. The molecule has 27 heavy (non-hydrogen) atoms. The second-order valence-corrected chi connectivity index (χ2v) is 6.50. The monoisotopic (exact) mass is 360 g/mol. The highest BCUT2D eigenvalue weighted by atomic mass is 16.5. The van der Waals surface area contributed by atoms with E-state index in [-0.39, 0.29) is 11.9 Å². The molecular formula is C22H20N2O3. The van der Waals surface area contributed by atoms with E-state index < -0.39 is 0 Å². The Labute approximate surface area is 157 Å². The summed E-state index contributed by atoms with van der Waals surface area (Å²) in [6, 6.07) is 18.9. The lowest BCUT2D eigenvalue weighted by Gasteiger charge is -2.23. The zero-order valence-electron chi connectivity index (χ0n) is 15.3. The molecule has 0 fully saturated rings. The lowest BCUT2D eigenvalue weighted by Crippen LogP contribution is -2.27. The average molecular weight is 360 g/mol. The van der Waals surface area contributed by atoms with Crippen LogP contribution in [-0.4, -0.2) is 23.7 Å². The number of methoxy groups -OCH3 is 1. The molecule has 1 aliphatic heterocycles. The molecule has 1 aliphatic rings. The van der Waals surface area contributed by atoms with Crippen LogP contribution in [-0.2, 0) is 0 Å². The second kappa shape index (κ2) is 7.11. The van der Waals surface area contributed by atoms with Gasteiger partial charge in [0.25, 0.3) is 5.91 Å². The number of ether oxygens (including phenoxy) is 1. The van der Waals surface area contributed by atoms with Gasteiger partial charge in [0.2, 0.25) is 0 Å². The van der Waals surface area contributed by atoms with Crippen LogP contribution in [0.25, 0.3) is 0 Å². The normalized spacial score (nSPS) is 16.3. The van der Waals surface area contributed by atoms with Crippen LogP contribution in [0.1, 0.15) is 39.7 Å². The van der Waals surface area contributed by atoms with Gasteiger partial charge in [0.1, 0.15) is 17.2 Å². The summed E-state index contributed by atoms with van der Waals surface area (Å²) in [5, 5.41) is 6.16. The average Bonchev–Trinajstić information content (AvgIpc) is 3.38. The van der Waals surface area contributed by atoms with Crippen molar-refractivity contribution in [3.05, 3.63) is 89.4 Å². The Balaban J connectivity index is 1.75. The second-order valence-electron chi connectivity index (χ2n) is 6.50. The van der Waals surface area contributed by atoms with E-state index in [0.717, 1.165) is 11.3 Å². The molecule has 3 aromatic rings. The highest BCUT2D eigenvalue weighted by Gasteiger charge is 2.35. The van der Waals surface area contributed by atoms with Gasteiger partial charge in [-0.05, 0) is 36.8 Å². The summed E-state index contributed by atoms with van der Waals surface area (Å²) in [7, 11) is 1.56. The maximum absolute atomic E-state index is 13.3. The van der Waals surface area contributed by atoms with Crippen LogP contribution < -0.4 is 4.74 Å². The molecule has 0 bridgehead atoms. The number of hydrazone groups is 1. The van der Waals surface area contributed by atoms with Crippen LogP contribution in [0, 0.1) is 6.92 Å². The fraction of sp³-hybridized carbons (Fsp3) is 0.182. The van der Waals surface area contributed by atoms with Gasteiger partial charge < -0.3 is 9.15 Å². The highest BCUT2D eigenvalue weighted by molar-refractivity contribution is 6.04. The van der Waals surface area contributed by atoms with Gasteiger partial charge in [0.05, 0.1) is 25.0 Å². The number of carbonyl (C=O) groups is 1. The predicted octanol–water partition coefficient (Wildman–Crippen LogP) is 4.59. The van der Waals surface area contributed by atoms with Crippen molar-refractivity contribution in [2.45, 2.75) is 19.4 Å². The Hall–Kier alpha value is -3.34. The number of hydrogen-bond acceptors (Lipinski definition) is 4.